The Morgan fingerprint density at radius 2 is 1.90 bits per heavy atom. The van der Waals surface area contributed by atoms with Crippen LogP contribution < -0.4 is 20.4 Å². The van der Waals surface area contributed by atoms with E-state index in [1.165, 1.54) is 49.4 Å². The van der Waals surface area contributed by atoms with Gasteiger partial charge >= 0.3 is 12.0 Å². The van der Waals surface area contributed by atoms with Crippen molar-refractivity contribution in [3.8, 4) is 22.6 Å². The van der Waals surface area contributed by atoms with E-state index >= 15 is 0 Å². The summed E-state index contributed by atoms with van der Waals surface area (Å²) in [5.74, 6) is -0.722. The van der Waals surface area contributed by atoms with E-state index in [2.05, 4.69) is 10.1 Å². The van der Waals surface area contributed by atoms with Gasteiger partial charge in [0.2, 0.25) is 0 Å². The summed E-state index contributed by atoms with van der Waals surface area (Å²) in [6.45, 7) is 1.29. The number of ether oxygens (including phenoxy) is 2. The summed E-state index contributed by atoms with van der Waals surface area (Å²) in [5.41, 5.74) is -0.897. The first-order valence-corrected chi connectivity index (χ1v) is 9.13. The second kappa shape index (κ2) is 9.09. The molecular weight excluding hydrogens is 419 g/mol. The van der Waals surface area contributed by atoms with Gasteiger partial charge in [0.05, 0.1) is 11.7 Å². The summed E-state index contributed by atoms with van der Waals surface area (Å²) >= 11 is 0. The lowest BCUT2D eigenvalue weighted by Gasteiger charge is -2.13. The third kappa shape index (κ3) is 5.98. The lowest BCUT2D eigenvalue weighted by Crippen LogP contribution is -2.34. The Kier molecular flexibility index (Phi) is 6.50. The van der Waals surface area contributed by atoms with Crippen molar-refractivity contribution in [1.82, 2.24) is 5.32 Å². The Balaban J connectivity index is 1.85. The molecule has 3 aromatic rings. The van der Waals surface area contributed by atoms with Crippen LogP contribution in [0.4, 0.5) is 13.2 Å². The molecule has 1 aromatic heterocycles. The number of hydrogen-bond donors (Lipinski definition) is 2. The Morgan fingerprint density at radius 3 is 2.61 bits per heavy atom. The van der Waals surface area contributed by atoms with Crippen LogP contribution in [0, 0.1) is 0 Å². The van der Waals surface area contributed by atoms with Gasteiger partial charge in [0.15, 0.2) is 6.61 Å². The number of carbonyl (C=O) groups is 1. The van der Waals surface area contributed by atoms with Gasteiger partial charge < -0.3 is 24.3 Å². The lowest BCUT2D eigenvalue weighted by molar-refractivity contribution is -0.274. The van der Waals surface area contributed by atoms with Crippen molar-refractivity contribution in [3.63, 3.8) is 0 Å². The maximum Gasteiger partial charge on any atom is 0.573 e. The second-order valence-corrected chi connectivity index (χ2v) is 6.63. The summed E-state index contributed by atoms with van der Waals surface area (Å²) in [6.07, 6.45) is -5.61. The van der Waals surface area contributed by atoms with Crippen LogP contribution in [-0.2, 0) is 4.79 Å². The molecule has 0 fully saturated rings. The Hall–Kier alpha value is -3.53. The zero-order valence-corrected chi connectivity index (χ0v) is 16.2. The molecule has 0 spiro atoms. The lowest BCUT2D eigenvalue weighted by atomic mass is 10.0. The molecule has 2 N–H and O–H groups in total. The quantitative estimate of drug-likeness (QED) is 0.551. The number of para-hydroxylation sites is 1. The van der Waals surface area contributed by atoms with Gasteiger partial charge in [-0.15, -0.1) is 13.2 Å². The molecule has 1 atom stereocenters. The fourth-order valence-corrected chi connectivity index (χ4v) is 2.73. The van der Waals surface area contributed by atoms with E-state index in [9.17, 15) is 22.8 Å². The average molecular weight is 437 g/mol. The van der Waals surface area contributed by atoms with Crippen molar-refractivity contribution in [2.75, 3.05) is 13.2 Å². The van der Waals surface area contributed by atoms with Crippen LogP contribution in [0.5, 0.6) is 11.5 Å². The number of alkyl halides is 3. The van der Waals surface area contributed by atoms with Crippen LogP contribution in [0.1, 0.15) is 6.92 Å². The Labute approximate surface area is 174 Å². The highest BCUT2D eigenvalue weighted by Crippen LogP contribution is 2.33. The number of benzene rings is 2. The normalized spacial score (nSPS) is 12.4. The molecule has 0 aliphatic rings. The number of fused-ring (bicyclic) bond motifs is 1. The highest BCUT2D eigenvalue weighted by Gasteiger charge is 2.32. The standard InChI is InChI=1S/C21H18F3NO6/c1-12(26)10-25-19(27)11-29-14-7-6-13-8-16(20(28)30-18(13)9-14)15-4-2-3-5-17(15)31-21(22,23)24/h2-9,12,26H,10-11H2,1H3,(H,25,27). The van der Waals surface area contributed by atoms with Crippen molar-refractivity contribution in [1.29, 1.82) is 0 Å². The largest absolute Gasteiger partial charge is 0.573 e. The molecule has 31 heavy (non-hydrogen) atoms. The van der Waals surface area contributed by atoms with Crippen molar-refractivity contribution < 1.29 is 37.0 Å². The molecule has 0 aliphatic carbocycles. The molecule has 1 unspecified atom stereocenters. The third-order valence-corrected chi connectivity index (χ3v) is 4.07. The number of rotatable bonds is 7. The van der Waals surface area contributed by atoms with Crippen LogP contribution in [0.2, 0.25) is 0 Å². The first-order valence-electron chi connectivity index (χ1n) is 9.13. The molecule has 0 radical (unpaired) electrons. The highest BCUT2D eigenvalue weighted by atomic mass is 19.4. The van der Waals surface area contributed by atoms with E-state index in [1.54, 1.807) is 0 Å². The topological polar surface area (TPSA) is 98.0 Å². The minimum absolute atomic E-state index is 0.0643. The summed E-state index contributed by atoms with van der Waals surface area (Å²) in [6, 6.07) is 11.1. The third-order valence-electron chi connectivity index (χ3n) is 4.07. The van der Waals surface area contributed by atoms with Gasteiger partial charge in [-0.1, -0.05) is 18.2 Å². The molecule has 2 aromatic carbocycles. The predicted molar refractivity (Wildman–Crippen MR) is 105 cm³/mol. The molecule has 0 saturated heterocycles. The van der Waals surface area contributed by atoms with Crippen molar-refractivity contribution in [2.45, 2.75) is 19.4 Å². The van der Waals surface area contributed by atoms with Gasteiger partial charge in [-0.25, -0.2) is 4.79 Å². The highest BCUT2D eigenvalue weighted by molar-refractivity contribution is 5.84. The second-order valence-electron chi connectivity index (χ2n) is 6.63. The van der Waals surface area contributed by atoms with Crippen LogP contribution in [0.15, 0.2) is 57.7 Å². The van der Waals surface area contributed by atoms with E-state index in [-0.39, 0.29) is 35.6 Å². The van der Waals surface area contributed by atoms with Crippen molar-refractivity contribution >= 4 is 16.9 Å². The molecule has 0 aliphatic heterocycles. The molecule has 1 amide bonds. The molecule has 0 saturated carbocycles. The van der Waals surface area contributed by atoms with Gasteiger partial charge in [0.1, 0.15) is 17.1 Å². The maximum atomic E-state index is 12.7. The van der Waals surface area contributed by atoms with E-state index in [4.69, 9.17) is 14.3 Å². The average Bonchev–Trinajstić information content (AvgIpc) is 2.69. The minimum atomic E-state index is -4.92. The molecular formula is C21H18F3NO6. The van der Waals surface area contributed by atoms with E-state index < -0.39 is 29.7 Å². The van der Waals surface area contributed by atoms with Crippen molar-refractivity contribution in [3.05, 3.63) is 59.0 Å². The molecule has 3 rings (SSSR count). The Bertz CT molecular complexity index is 1140. The van der Waals surface area contributed by atoms with Gasteiger partial charge in [-0.3, -0.25) is 4.79 Å². The maximum absolute atomic E-state index is 12.7. The summed E-state index contributed by atoms with van der Waals surface area (Å²) < 4.78 is 52.6. The molecule has 1 heterocycles. The minimum Gasteiger partial charge on any atom is -0.484 e. The molecule has 0 bridgehead atoms. The SMILES string of the molecule is CC(O)CNC(=O)COc1ccc2cc(-c3ccccc3OC(F)(F)F)c(=O)oc2c1. The van der Waals surface area contributed by atoms with Crippen LogP contribution in [-0.4, -0.2) is 36.6 Å². The van der Waals surface area contributed by atoms with Gasteiger partial charge in [-0.05, 0) is 31.2 Å². The summed E-state index contributed by atoms with van der Waals surface area (Å²) in [5, 5.41) is 12.0. The monoisotopic (exact) mass is 437 g/mol. The van der Waals surface area contributed by atoms with Gasteiger partial charge in [0, 0.05) is 23.6 Å². The molecule has 7 nitrogen and oxygen atoms in total. The summed E-state index contributed by atoms with van der Waals surface area (Å²) in [7, 11) is 0. The Morgan fingerprint density at radius 1 is 1.16 bits per heavy atom. The van der Waals surface area contributed by atoms with E-state index in [0.717, 1.165) is 6.07 Å². The number of nitrogens with one attached hydrogen (secondary N) is 1. The van der Waals surface area contributed by atoms with Crippen molar-refractivity contribution in [2.24, 2.45) is 0 Å². The van der Waals surface area contributed by atoms with Gasteiger partial charge in [0.25, 0.3) is 5.91 Å². The number of amides is 1. The van der Waals surface area contributed by atoms with Crippen LogP contribution in [0.3, 0.4) is 0 Å². The number of carbonyl (C=O) groups excluding carboxylic acids is 1. The van der Waals surface area contributed by atoms with E-state index in [1.807, 2.05) is 0 Å². The first kappa shape index (κ1) is 22.2. The number of aliphatic hydroxyl groups excluding tert-OH is 1. The smallest absolute Gasteiger partial charge is 0.484 e. The fourth-order valence-electron chi connectivity index (χ4n) is 2.73. The first-order chi connectivity index (χ1) is 14.6. The molecule has 10 heteroatoms. The number of halogens is 3. The van der Waals surface area contributed by atoms with Crippen LogP contribution >= 0.6 is 0 Å². The van der Waals surface area contributed by atoms with Gasteiger partial charge in [-0.2, -0.15) is 0 Å². The summed E-state index contributed by atoms with van der Waals surface area (Å²) in [4.78, 5) is 24.1. The fraction of sp³-hybridized carbons (Fsp3) is 0.238. The van der Waals surface area contributed by atoms with E-state index in [0.29, 0.717) is 5.39 Å². The van der Waals surface area contributed by atoms with Crippen LogP contribution in [0.25, 0.3) is 22.1 Å². The number of aliphatic hydroxyl groups is 1. The predicted octanol–water partition coefficient (Wildman–Crippen LogP) is 3.23. The number of hydrogen-bond acceptors (Lipinski definition) is 6. The zero-order valence-electron chi connectivity index (χ0n) is 16.2. The zero-order chi connectivity index (χ0) is 22.6. The molecule has 164 valence electrons.